The zero-order valence-electron chi connectivity index (χ0n) is 11.0. The molecule has 0 aromatic carbocycles. The van der Waals surface area contributed by atoms with Gasteiger partial charge in [-0.2, -0.15) is 5.10 Å². The number of aromatic nitrogens is 2. The maximum Gasteiger partial charge on any atom is 0.320 e. The zero-order valence-corrected chi connectivity index (χ0v) is 11.0. The second-order valence-corrected chi connectivity index (χ2v) is 5.01. The second kappa shape index (κ2) is 6.30. The second-order valence-electron chi connectivity index (χ2n) is 5.01. The van der Waals surface area contributed by atoms with Crippen molar-refractivity contribution in [3.05, 3.63) is 17.8 Å². The van der Waals surface area contributed by atoms with Crippen molar-refractivity contribution in [1.82, 2.24) is 15.5 Å². The van der Waals surface area contributed by atoms with Crippen LogP contribution < -0.4 is 10.6 Å². The van der Waals surface area contributed by atoms with E-state index >= 15 is 0 Å². The molecule has 0 spiro atoms. The first-order valence-corrected chi connectivity index (χ1v) is 5.93. The molecule has 1 aromatic heterocycles. The van der Waals surface area contributed by atoms with Gasteiger partial charge in [-0.15, -0.1) is 5.10 Å². The molecule has 2 amide bonds. The summed E-state index contributed by atoms with van der Waals surface area (Å²) in [6.45, 7) is 6.62. The normalized spacial score (nSPS) is 11.1. The number of anilines is 1. The first kappa shape index (κ1) is 14.4. The summed E-state index contributed by atoms with van der Waals surface area (Å²) in [5, 5.41) is 21.8. The van der Waals surface area contributed by atoms with Crippen molar-refractivity contribution in [1.29, 1.82) is 0 Å². The van der Waals surface area contributed by atoms with Crippen LogP contribution in [0, 0.1) is 0 Å². The van der Waals surface area contributed by atoms with Gasteiger partial charge in [0.15, 0.2) is 5.82 Å². The lowest BCUT2D eigenvalue weighted by atomic mass is 9.92. The Hall–Kier alpha value is -1.69. The molecule has 6 heteroatoms. The number of hydrogen-bond donors (Lipinski definition) is 3. The summed E-state index contributed by atoms with van der Waals surface area (Å²) in [5.74, 6) is 0.407. The Morgan fingerprint density at radius 1 is 1.33 bits per heavy atom. The number of aliphatic hydroxyl groups excluding tert-OH is 1. The zero-order chi connectivity index (χ0) is 13.6. The van der Waals surface area contributed by atoms with E-state index in [2.05, 4.69) is 20.8 Å². The lowest BCUT2D eigenvalue weighted by Crippen LogP contribution is -2.30. The highest BCUT2D eigenvalue weighted by Gasteiger charge is 2.15. The Balaban J connectivity index is 2.51. The van der Waals surface area contributed by atoms with Crippen LogP contribution in [0.5, 0.6) is 0 Å². The van der Waals surface area contributed by atoms with Gasteiger partial charge in [-0.3, -0.25) is 5.32 Å². The van der Waals surface area contributed by atoms with E-state index < -0.39 is 0 Å². The third-order valence-corrected chi connectivity index (χ3v) is 2.30. The van der Waals surface area contributed by atoms with Gasteiger partial charge in [0.2, 0.25) is 0 Å². The summed E-state index contributed by atoms with van der Waals surface area (Å²) in [6, 6.07) is 3.22. The molecule has 100 valence electrons. The van der Waals surface area contributed by atoms with Crippen LogP contribution >= 0.6 is 0 Å². The largest absolute Gasteiger partial charge is 0.396 e. The number of aliphatic hydroxyl groups is 1. The van der Waals surface area contributed by atoms with Gasteiger partial charge in [-0.05, 0) is 18.6 Å². The highest BCUT2D eigenvalue weighted by molar-refractivity contribution is 5.87. The molecule has 0 atom stereocenters. The minimum atomic E-state index is -0.346. The molecule has 6 nitrogen and oxygen atoms in total. The van der Waals surface area contributed by atoms with Gasteiger partial charge in [0.25, 0.3) is 0 Å². The fourth-order valence-corrected chi connectivity index (χ4v) is 1.24. The van der Waals surface area contributed by atoms with E-state index in [-0.39, 0.29) is 18.1 Å². The summed E-state index contributed by atoms with van der Waals surface area (Å²) in [5.41, 5.74) is 0.809. The monoisotopic (exact) mass is 252 g/mol. The summed E-state index contributed by atoms with van der Waals surface area (Å²) >= 11 is 0. The minimum Gasteiger partial charge on any atom is -0.396 e. The number of urea groups is 1. The Morgan fingerprint density at radius 2 is 2.06 bits per heavy atom. The molecule has 0 aliphatic carbocycles. The Morgan fingerprint density at radius 3 is 2.56 bits per heavy atom. The van der Waals surface area contributed by atoms with E-state index in [1.165, 1.54) is 0 Å². The summed E-state index contributed by atoms with van der Waals surface area (Å²) in [4.78, 5) is 11.4. The van der Waals surface area contributed by atoms with Gasteiger partial charge in [-0.1, -0.05) is 20.8 Å². The molecule has 0 saturated heterocycles. The van der Waals surface area contributed by atoms with Crippen molar-refractivity contribution in [2.75, 3.05) is 18.5 Å². The van der Waals surface area contributed by atoms with E-state index in [9.17, 15) is 4.79 Å². The van der Waals surface area contributed by atoms with Gasteiger partial charge < -0.3 is 10.4 Å². The fourth-order valence-electron chi connectivity index (χ4n) is 1.24. The number of nitrogens with one attached hydrogen (secondary N) is 2. The van der Waals surface area contributed by atoms with Crippen LogP contribution in [0.2, 0.25) is 0 Å². The maximum absolute atomic E-state index is 11.4. The standard InChI is InChI=1S/C12H20N4O2/c1-12(2,3)9-5-6-10(16-15-9)14-11(18)13-7-4-8-17/h5-6,17H,4,7-8H2,1-3H3,(H2,13,14,16,18). The summed E-state index contributed by atoms with van der Waals surface area (Å²) in [6.07, 6.45) is 0.530. The molecule has 0 bridgehead atoms. The average Bonchev–Trinajstić information content (AvgIpc) is 2.29. The number of nitrogens with zero attached hydrogens (tertiary/aromatic N) is 2. The first-order chi connectivity index (χ1) is 8.43. The molecule has 0 aliphatic rings. The molecule has 1 rings (SSSR count). The molecular formula is C12H20N4O2. The van der Waals surface area contributed by atoms with Crippen LogP contribution in [0.15, 0.2) is 12.1 Å². The Kier molecular flexibility index (Phi) is 5.03. The SMILES string of the molecule is CC(C)(C)c1ccc(NC(=O)NCCCO)nn1. The van der Waals surface area contributed by atoms with Crippen molar-refractivity contribution in [3.8, 4) is 0 Å². The molecule has 3 N–H and O–H groups in total. The van der Waals surface area contributed by atoms with Crippen molar-refractivity contribution in [2.45, 2.75) is 32.6 Å². The molecular weight excluding hydrogens is 232 g/mol. The number of carbonyl (C=O) groups is 1. The lowest BCUT2D eigenvalue weighted by molar-refractivity contribution is 0.248. The molecule has 0 saturated carbocycles. The van der Waals surface area contributed by atoms with Crippen LogP contribution in [-0.4, -0.2) is 34.5 Å². The van der Waals surface area contributed by atoms with E-state index in [1.54, 1.807) is 6.07 Å². The average molecular weight is 252 g/mol. The van der Waals surface area contributed by atoms with Crippen molar-refractivity contribution < 1.29 is 9.90 Å². The van der Waals surface area contributed by atoms with Gasteiger partial charge in [0.05, 0.1) is 5.69 Å². The van der Waals surface area contributed by atoms with Gasteiger partial charge in [0.1, 0.15) is 0 Å². The topological polar surface area (TPSA) is 87.1 Å². The van der Waals surface area contributed by atoms with Crippen LogP contribution in [-0.2, 0) is 5.41 Å². The van der Waals surface area contributed by atoms with Crippen LogP contribution in [0.25, 0.3) is 0 Å². The lowest BCUT2D eigenvalue weighted by Gasteiger charge is -2.16. The number of hydrogen-bond acceptors (Lipinski definition) is 4. The van der Waals surface area contributed by atoms with E-state index in [4.69, 9.17) is 5.11 Å². The minimum absolute atomic E-state index is 0.0559. The molecule has 0 aliphatic heterocycles. The Labute approximate surface area is 107 Å². The van der Waals surface area contributed by atoms with Gasteiger partial charge >= 0.3 is 6.03 Å². The highest BCUT2D eigenvalue weighted by atomic mass is 16.3. The number of carbonyl (C=O) groups excluding carboxylic acids is 1. The smallest absolute Gasteiger partial charge is 0.320 e. The Bertz CT molecular complexity index is 384. The third-order valence-electron chi connectivity index (χ3n) is 2.30. The van der Waals surface area contributed by atoms with Crippen molar-refractivity contribution in [2.24, 2.45) is 0 Å². The number of rotatable bonds is 4. The van der Waals surface area contributed by atoms with Crippen molar-refractivity contribution >= 4 is 11.8 Å². The van der Waals surface area contributed by atoms with E-state index in [1.807, 2.05) is 26.8 Å². The predicted molar refractivity (Wildman–Crippen MR) is 69.5 cm³/mol. The molecule has 1 aromatic rings. The quantitative estimate of drug-likeness (QED) is 0.704. The predicted octanol–water partition coefficient (Wildman–Crippen LogP) is 1.28. The molecule has 0 unspecified atom stereocenters. The molecule has 18 heavy (non-hydrogen) atoms. The molecule has 0 fully saturated rings. The maximum atomic E-state index is 11.4. The fraction of sp³-hybridized carbons (Fsp3) is 0.583. The molecule has 1 heterocycles. The highest BCUT2D eigenvalue weighted by Crippen LogP contribution is 2.19. The summed E-state index contributed by atoms with van der Waals surface area (Å²) in [7, 11) is 0. The van der Waals surface area contributed by atoms with Crippen molar-refractivity contribution in [3.63, 3.8) is 0 Å². The van der Waals surface area contributed by atoms with Crippen LogP contribution in [0.4, 0.5) is 10.6 Å². The van der Waals surface area contributed by atoms with Gasteiger partial charge in [-0.25, -0.2) is 4.79 Å². The van der Waals surface area contributed by atoms with Crippen LogP contribution in [0.1, 0.15) is 32.9 Å². The summed E-state index contributed by atoms with van der Waals surface area (Å²) < 4.78 is 0. The van der Waals surface area contributed by atoms with E-state index in [0.29, 0.717) is 18.8 Å². The number of amides is 2. The van der Waals surface area contributed by atoms with E-state index in [0.717, 1.165) is 5.69 Å². The van der Waals surface area contributed by atoms with Crippen LogP contribution in [0.3, 0.4) is 0 Å². The van der Waals surface area contributed by atoms with Gasteiger partial charge in [0, 0.05) is 18.6 Å². The third kappa shape index (κ3) is 4.67. The first-order valence-electron chi connectivity index (χ1n) is 5.93. The molecule has 0 radical (unpaired) electrons.